The van der Waals surface area contributed by atoms with Crippen molar-refractivity contribution in [2.45, 2.75) is 51.2 Å². The molecule has 0 radical (unpaired) electrons. The third-order valence-electron chi connectivity index (χ3n) is 3.90. The molecule has 2 aliphatic heterocycles. The van der Waals surface area contributed by atoms with Crippen LogP contribution >= 0.6 is 0 Å². The van der Waals surface area contributed by atoms with E-state index < -0.39 is 12.1 Å². The van der Waals surface area contributed by atoms with E-state index in [0.717, 1.165) is 37.5 Å². The van der Waals surface area contributed by atoms with Gasteiger partial charge in [-0.1, -0.05) is 0 Å². The van der Waals surface area contributed by atoms with E-state index in [1.54, 1.807) is 0 Å². The minimum absolute atomic E-state index is 0.166. The van der Waals surface area contributed by atoms with Crippen molar-refractivity contribution in [1.82, 2.24) is 30.7 Å². The van der Waals surface area contributed by atoms with Gasteiger partial charge in [0.15, 0.2) is 5.82 Å². The van der Waals surface area contributed by atoms with Crippen molar-refractivity contribution in [2.24, 2.45) is 0 Å². The van der Waals surface area contributed by atoms with E-state index in [0.29, 0.717) is 6.54 Å². The smallest absolute Gasteiger partial charge is 0.322 e. The van der Waals surface area contributed by atoms with Gasteiger partial charge in [0.25, 0.3) is 5.91 Å². The van der Waals surface area contributed by atoms with Crippen LogP contribution in [-0.4, -0.2) is 38.7 Å². The average Bonchev–Trinajstić information content (AvgIpc) is 3.06. The van der Waals surface area contributed by atoms with Crippen LogP contribution in [-0.2, 0) is 29.1 Å². The van der Waals surface area contributed by atoms with E-state index in [4.69, 9.17) is 0 Å². The summed E-state index contributed by atoms with van der Waals surface area (Å²) in [7, 11) is 0. The fourth-order valence-corrected chi connectivity index (χ4v) is 2.70. The van der Waals surface area contributed by atoms with Crippen LogP contribution < -0.4 is 16.0 Å². The summed E-state index contributed by atoms with van der Waals surface area (Å²) in [6.45, 7) is 1.22. The molecule has 0 bridgehead atoms. The monoisotopic (exact) mass is 306 g/mol. The molecule has 3 N–H and O–H groups in total. The van der Waals surface area contributed by atoms with Gasteiger partial charge in [-0.05, 0) is 19.3 Å². The Labute approximate surface area is 126 Å². The molecule has 0 saturated carbocycles. The summed E-state index contributed by atoms with van der Waals surface area (Å²) >= 11 is 0. The molecule has 118 valence electrons. The molecule has 3 heterocycles. The number of aromatic nitrogens is 3. The number of imide groups is 1. The second-order valence-electron chi connectivity index (χ2n) is 5.47. The normalized spacial score (nSPS) is 20.3. The van der Waals surface area contributed by atoms with Crippen LogP contribution in [0.25, 0.3) is 0 Å². The molecular weight excluding hydrogens is 288 g/mol. The number of urea groups is 1. The molecule has 3 rings (SSSR count). The minimum atomic E-state index is -0.626. The Morgan fingerprint density at radius 3 is 2.95 bits per heavy atom. The standard InChI is InChI=1S/C13H18N6O3/c20-11(5-4-8-12(21)16-13(22)15-8)14-7-10-18-17-9-3-1-2-6-19(9)10/h8H,1-7H2,(H,14,20)(H2,15,16,21,22)/t8-/m1/s1. The third kappa shape index (κ3) is 3.07. The van der Waals surface area contributed by atoms with Gasteiger partial charge in [-0.3, -0.25) is 14.9 Å². The molecule has 0 spiro atoms. The number of hydrogen-bond donors (Lipinski definition) is 3. The lowest BCUT2D eigenvalue weighted by molar-refractivity contribution is -0.122. The first-order valence-electron chi connectivity index (χ1n) is 7.42. The molecule has 9 nitrogen and oxygen atoms in total. The molecule has 0 unspecified atom stereocenters. The number of nitrogens with zero attached hydrogens (tertiary/aromatic N) is 3. The van der Waals surface area contributed by atoms with Crippen molar-refractivity contribution >= 4 is 17.8 Å². The van der Waals surface area contributed by atoms with Gasteiger partial charge in [0.1, 0.15) is 11.9 Å². The number of rotatable bonds is 5. The highest BCUT2D eigenvalue weighted by Gasteiger charge is 2.29. The Morgan fingerprint density at radius 1 is 1.32 bits per heavy atom. The van der Waals surface area contributed by atoms with Gasteiger partial charge in [-0.2, -0.15) is 0 Å². The Kier molecular flexibility index (Phi) is 4.03. The molecule has 1 saturated heterocycles. The fraction of sp³-hybridized carbons (Fsp3) is 0.615. The van der Waals surface area contributed by atoms with E-state index >= 15 is 0 Å². The number of carbonyl (C=O) groups is 3. The Bertz CT molecular complexity index is 611. The summed E-state index contributed by atoms with van der Waals surface area (Å²) in [6, 6.07) is -1.13. The second kappa shape index (κ2) is 6.12. The van der Waals surface area contributed by atoms with Crippen molar-refractivity contribution in [1.29, 1.82) is 0 Å². The SMILES string of the molecule is O=C(CC[C@H]1NC(=O)NC1=O)NCc1nnc2n1CCCC2. The van der Waals surface area contributed by atoms with Gasteiger partial charge in [0.05, 0.1) is 6.54 Å². The highest BCUT2D eigenvalue weighted by Crippen LogP contribution is 2.14. The Morgan fingerprint density at radius 2 is 2.18 bits per heavy atom. The molecule has 1 fully saturated rings. The molecule has 2 aliphatic rings. The van der Waals surface area contributed by atoms with Crippen molar-refractivity contribution in [2.75, 3.05) is 0 Å². The summed E-state index contributed by atoms with van der Waals surface area (Å²) in [5.74, 6) is 1.17. The van der Waals surface area contributed by atoms with E-state index in [9.17, 15) is 14.4 Å². The van der Waals surface area contributed by atoms with Crippen molar-refractivity contribution < 1.29 is 14.4 Å². The number of hydrogen-bond acceptors (Lipinski definition) is 5. The minimum Gasteiger partial charge on any atom is -0.349 e. The van der Waals surface area contributed by atoms with Crippen LogP contribution in [0.2, 0.25) is 0 Å². The molecule has 9 heteroatoms. The van der Waals surface area contributed by atoms with Crippen molar-refractivity contribution in [3.05, 3.63) is 11.6 Å². The summed E-state index contributed by atoms with van der Waals surface area (Å²) in [5, 5.41) is 15.6. The van der Waals surface area contributed by atoms with Crippen LogP contribution in [0.15, 0.2) is 0 Å². The highest BCUT2D eigenvalue weighted by molar-refractivity contribution is 6.04. The van der Waals surface area contributed by atoms with E-state index in [1.807, 2.05) is 0 Å². The van der Waals surface area contributed by atoms with Gasteiger partial charge in [-0.15, -0.1) is 10.2 Å². The quantitative estimate of drug-likeness (QED) is 0.617. The molecule has 4 amide bonds. The average molecular weight is 306 g/mol. The lowest BCUT2D eigenvalue weighted by Gasteiger charge is -2.15. The zero-order chi connectivity index (χ0) is 15.5. The van der Waals surface area contributed by atoms with Crippen LogP contribution in [0.1, 0.15) is 37.3 Å². The maximum atomic E-state index is 11.8. The lowest BCUT2D eigenvalue weighted by atomic mass is 10.1. The van der Waals surface area contributed by atoms with E-state index in [1.165, 1.54) is 0 Å². The second-order valence-corrected chi connectivity index (χ2v) is 5.47. The predicted octanol–water partition coefficient (Wildman–Crippen LogP) is -0.781. The number of fused-ring (bicyclic) bond motifs is 1. The molecule has 1 aromatic heterocycles. The van der Waals surface area contributed by atoms with Gasteiger partial charge in [-0.25, -0.2) is 4.79 Å². The van der Waals surface area contributed by atoms with Crippen LogP contribution in [0.3, 0.4) is 0 Å². The molecule has 0 aromatic carbocycles. The maximum absolute atomic E-state index is 11.8. The number of aryl methyl sites for hydroxylation is 1. The Hall–Kier alpha value is -2.45. The van der Waals surface area contributed by atoms with Gasteiger partial charge < -0.3 is 15.2 Å². The van der Waals surface area contributed by atoms with Crippen LogP contribution in [0.4, 0.5) is 4.79 Å². The Balaban J connectivity index is 1.45. The lowest BCUT2D eigenvalue weighted by Crippen LogP contribution is -2.32. The number of carbonyl (C=O) groups excluding carboxylic acids is 3. The van der Waals surface area contributed by atoms with Crippen molar-refractivity contribution in [3.63, 3.8) is 0 Å². The van der Waals surface area contributed by atoms with E-state index in [-0.39, 0.29) is 24.7 Å². The highest BCUT2D eigenvalue weighted by atomic mass is 16.2. The van der Waals surface area contributed by atoms with E-state index in [2.05, 4.69) is 30.7 Å². The topological polar surface area (TPSA) is 118 Å². The van der Waals surface area contributed by atoms with Gasteiger partial charge >= 0.3 is 6.03 Å². The first-order chi connectivity index (χ1) is 10.6. The van der Waals surface area contributed by atoms with Crippen molar-refractivity contribution in [3.8, 4) is 0 Å². The summed E-state index contributed by atoms with van der Waals surface area (Å²) < 4.78 is 2.05. The number of amides is 4. The molecular formula is C13H18N6O3. The first-order valence-corrected chi connectivity index (χ1v) is 7.42. The van der Waals surface area contributed by atoms with Crippen LogP contribution in [0.5, 0.6) is 0 Å². The van der Waals surface area contributed by atoms with Crippen LogP contribution in [0, 0.1) is 0 Å². The third-order valence-corrected chi connectivity index (χ3v) is 3.90. The number of nitrogens with one attached hydrogen (secondary N) is 3. The van der Waals surface area contributed by atoms with Gasteiger partial charge in [0.2, 0.25) is 5.91 Å². The fourth-order valence-electron chi connectivity index (χ4n) is 2.70. The first kappa shape index (κ1) is 14.5. The summed E-state index contributed by atoms with van der Waals surface area (Å²) in [6.07, 6.45) is 3.60. The predicted molar refractivity (Wildman–Crippen MR) is 74.5 cm³/mol. The maximum Gasteiger partial charge on any atom is 0.322 e. The summed E-state index contributed by atoms with van der Waals surface area (Å²) in [4.78, 5) is 34.2. The van der Waals surface area contributed by atoms with Gasteiger partial charge in [0, 0.05) is 19.4 Å². The largest absolute Gasteiger partial charge is 0.349 e. The zero-order valence-corrected chi connectivity index (χ0v) is 12.1. The molecule has 0 aliphatic carbocycles. The molecule has 1 aromatic rings. The molecule has 22 heavy (non-hydrogen) atoms. The molecule has 1 atom stereocenters. The zero-order valence-electron chi connectivity index (χ0n) is 12.1. The summed E-state index contributed by atoms with van der Waals surface area (Å²) in [5.41, 5.74) is 0.